The Balaban J connectivity index is 2.45. The average molecular weight is 215 g/mol. The minimum absolute atomic E-state index is 0.390. The molecule has 0 aliphatic carbocycles. The van der Waals surface area contributed by atoms with Gasteiger partial charge in [0.2, 0.25) is 0 Å². The van der Waals surface area contributed by atoms with E-state index < -0.39 is 0 Å². The first-order valence-corrected chi connectivity index (χ1v) is 6.31. The third kappa shape index (κ3) is 2.18. The van der Waals surface area contributed by atoms with Crippen molar-refractivity contribution in [3.8, 4) is 0 Å². The third-order valence-corrected chi connectivity index (χ3v) is 3.78. The number of nitrogens with zero attached hydrogens (tertiary/aromatic N) is 1. The maximum absolute atomic E-state index is 4.82. The zero-order valence-corrected chi connectivity index (χ0v) is 10.6. The zero-order valence-electron chi connectivity index (χ0n) is 10.6. The maximum Gasteiger partial charge on any atom is 0.0661 e. The van der Waals surface area contributed by atoms with Crippen LogP contribution < -0.4 is 0 Å². The molecule has 1 atom stereocenters. The minimum atomic E-state index is 0.390. The fourth-order valence-electron chi connectivity index (χ4n) is 2.45. The van der Waals surface area contributed by atoms with Gasteiger partial charge < -0.3 is 0 Å². The van der Waals surface area contributed by atoms with Crippen molar-refractivity contribution in [2.45, 2.75) is 46.5 Å². The average Bonchev–Trinajstić information content (AvgIpc) is 2.45. The Morgan fingerprint density at radius 1 is 1.19 bits per heavy atom. The number of hydrogen-bond acceptors (Lipinski definition) is 1. The summed E-state index contributed by atoms with van der Waals surface area (Å²) in [4.78, 5) is 4.82. The molecule has 0 saturated heterocycles. The first-order chi connectivity index (χ1) is 7.67. The quantitative estimate of drug-likeness (QED) is 0.687. The lowest BCUT2D eigenvalue weighted by Gasteiger charge is -2.27. The highest BCUT2D eigenvalue weighted by atomic mass is 14.8. The molecule has 86 valence electrons. The summed E-state index contributed by atoms with van der Waals surface area (Å²) in [6.45, 7) is 6.89. The monoisotopic (exact) mass is 215 g/mol. The van der Waals surface area contributed by atoms with Gasteiger partial charge in [-0.1, -0.05) is 45.4 Å². The van der Waals surface area contributed by atoms with Gasteiger partial charge in [0.05, 0.1) is 5.69 Å². The van der Waals surface area contributed by atoms with E-state index in [2.05, 4.69) is 45.0 Å². The van der Waals surface area contributed by atoms with Crippen molar-refractivity contribution in [1.82, 2.24) is 0 Å². The number of benzene rings is 1. The SMILES string of the molecule is CCC1=Nc2ccccc2CC(C)(CC)C1. The zero-order chi connectivity index (χ0) is 11.6. The summed E-state index contributed by atoms with van der Waals surface area (Å²) in [5, 5.41) is 0. The molecular weight excluding hydrogens is 194 g/mol. The molecule has 0 fully saturated rings. The van der Waals surface area contributed by atoms with Gasteiger partial charge in [0.15, 0.2) is 0 Å². The van der Waals surface area contributed by atoms with Gasteiger partial charge in [-0.15, -0.1) is 0 Å². The highest BCUT2D eigenvalue weighted by Gasteiger charge is 2.27. The highest BCUT2D eigenvalue weighted by Crippen LogP contribution is 2.38. The number of hydrogen-bond donors (Lipinski definition) is 0. The van der Waals surface area contributed by atoms with Crippen LogP contribution in [0.4, 0.5) is 5.69 Å². The summed E-state index contributed by atoms with van der Waals surface area (Å²) in [6, 6.07) is 8.59. The van der Waals surface area contributed by atoms with Crippen molar-refractivity contribution in [1.29, 1.82) is 0 Å². The van der Waals surface area contributed by atoms with E-state index in [1.807, 2.05) is 0 Å². The molecule has 0 bridgehead atoms. The molecule has 1 aliphatic heterocycles. The largest absolute Gasteiger partial charge is 0.258 e. The van der Waals surface area contributed by atoms with Gasteiger partial charge in [0, 0.05) is 5.71 Å². The van der Waals surface area contributed by atoms with E-state index in [1.54, 1.807) is 0 Å². The molecule has 2 rings (SSSR count). The van der Waals surface area contributed by atoms with E-state index in [-0.39, 0.29) is 0 Å². The molecule has 1 heterocycles. The molecule has 1 aliphatic rings. The molecule has 1 aromatic carbocycles. The Morgan fingerprint density at radius 3 is 2.62 bits per heavy atom. The predicted octanol–water partition coefficient (Wildman–Crippen LogP) is 4.53. The standard InChI is InChI=1S/C15H21N/c1-4-13-11-15(3,5-2)10-12-8-6-7-9-14(12)16-13/h6-9H,4-5,10-11H2,1-3H3. The summed E-state index contributed by atoms with van der Waals surface area (Å²) >= 11 is 0. The van der Waals surface area contributed by atoms with Crippen LogP contribution in [0.1, 0.15) is 45.6 Å². The van der Waals surface area contributed by atoms with Crippen molar-refractivity contribution in [3.05, 3.63) is 29.8 Å². The van der Waals surface area contributed by atoms with E-state index in [4.69, 9.17) is 4.99 Å². The van der Waals surface area contributed by atoms with Gasteiger partial charge in [-0.2, -0.15) is 0 Å². The number of fused-ring (bicyclic) bond motifs is 1. The molecule has 0 aromatic heterocycles. The second-order valence-corrected chi connectivity index (χ2v) is 5.18. The van der Waals surface area contributed by atoms with Crippen LogP contribution in [-0.4, -0.2) is 5.71 Å². The maximum atomic E-state index is 4.82. The summed E-state index contributed by atoms with van der Waals surface area (Å²) in [7, 11) is 0. The Kier molecular flexibility index (Phi) is 3.13. The lowest BCUT2D eigenvalue weighted by atomic mass is 9.77. The van der Waals surface area contributed by atoms with Gasteiger partial charge in [-0.05, 0) is 36.3 Å². The molecule has 1 nitrogen and oxygen atoms in total. The van der Waals surface area contributed by atoms with Gasteiger partial charge >= 0.3 is 0 Å². The number of para-hydroxylation sites is 1. The van der Waals surface area contributed by atoms with Crippen LogP contribution in [-0.2, 0) is 6.42 Å². The summed E-state index contributed by atoms with van der Waals surface area (Å²) in [6.07, 6.45) is 4.60. The fourth-order valence-corrected chi connectivity index (χ4v) is 2.45. The lowest BCUT2D eigenvalue weighted by Crippen LogP contribution is -2.21. The summed E-state index contributed by atoms with van der Waals surface area (Å²) < 4.78 is 0. The Labute approximate surface area is 98.6 Å². The Morgan fingerprint density at radius 2 is 1.94 bits per heavy atom. The van der Waals surface area contributed by atoms with Gasteiger partial charge in [-0.25, -0.2) is 0 Å². The first kappa shape index (κ1) is 11.4. The van der Waals surface area contributed by atoms with Crippen molar-refractivity contribution in [2.24, 2.45) is 10.4 Å². The van der Waals surface area contributed by atoms with Crippen LogP contribution >= 0.6 is 0 Å². The summed E-state index contributed by atoms with van der Waals surface area (Å²) in [5.41, 5.74) is 4.35. The molecule has 16 heavy (non-hydrogen) atoms. The molecule has 0 spiro atoms. The molecule has 0 radical (unpaired) electrons. The number of aliphatic imine (C=N–C) groups is 1. The normalized spacial score (nSPS) is 24.6. The highest BCUT2D eigenvalue weighted by molar-refractivity contribution is 5.88. The van der Waals surface area contributed by atoms with E-state index in [9.17, 15) is 0 Å². The van der Waals surface area contributed by atoms with E-state index in [0.29, 0.717) is 5.41 Å². The second-order valence-electron chi connectivity index (χ2n) is 5.18. The van der Waals surface area contributed by atoms with Gasteiger partial charge in [0.25, 0.3) is 0 Å². The summed E-state index contributed by atoms with van der Waals surface area (Å²) in [5.74, 6) is 0. The Hall–Kier alpha value is -1.11. The molecular formula is C15H21N. The van der Waals surface area contributed by atoms with Crippen molar-refractivity contribution in [2.75, 3.05) is 0 Å². The van der Waals surface area contributed by atoms with Crippen LogP contribution in [0.3, 0.4) is 0 Å². The number of rotatable bonds is 2. The van der Waals surface area contributed by atoms with Crippen LogP contribution in [0.25, 0.3) is 0 Å². The van der Waals surface area contributed by atoms with Crippen LogP contribution in [0.15, 0.2) is 29.3 Å². The Bertz CT molecular complexity index is 406. The molecule has 1 aromatic rings. The van der Waals surface area contributed by atoms with E-state index in [1.165, 1.54) is 23.4 Å². The first-order valence-electron chi connectivity index (χ1n) is 6.31. The predicted molar refractivity (Wildman–Crippen MR) is 70.5 cm³/mol. The molecule has 0 saturated carbocycles. The molecule has 1 unspecified atom stereocenters. The second kappa shape index (κ2) is 4.40. The van der Waals surface area contributed by atoms with Gasteiger partial charge in [0.1, 0.15) is 0 Å². The minimum Gasteiger partial charge on any atom is -0.258 e. The van der Waals surface area contributed by atoms with Crippen molar-refractivity contribution in [3.63, 3.8) is 0 Å². The van der Waals surface area contributed by atoms with E-state index >= 15 is 0 Å². The van der Waals surface area contributed by atoms with Crippen molar-refractivity contribution < 1.29 is 0 Å². The third-order valence-electron chi connectivity index (χ3n) is 3.78. The van der Waals surface area contributed by atoms with Crippen LogP contribution in [0.2, 0.25) is 0 Å². The fraction of sp³-hybridized carbons (Fsp3) is 0.533. The topological polar surface area (TPSA) is 12.4 Å². The van der Waals surface area contributed by atoms with E-state index in [0.717, 1.165) is 19.3 Å². The smallest absolute Gasteiger partial charge is 0.0661 e. The molecule has 1 heteroatoms. The van der Waals surface area contributed by atoms with Crippen LogP contribution in [0.5, 0.6) is 0 Å². The molecule has 0 N–H and O–H groups in total. The van der Waals surface area contributed by atoms with Crippen molar-refractivity contribution >= 4 is 11.4 Å². The molecule has 0 amide bonds. The lowest BCUT2D eigenvalue weighted by molar-refractivity contribution is 0.323. The van der Waals surface area contributed by atoms with Gasteiger partial charge in [-0.3, -0.25) is 4.99 Å². The van der Waals surface area contributed by atoms with Crippen LogP contribution in [0, 0.1) is 5.41 Å².